The Hall–Kier alpha value is -2.08. The van der Waals surface area contributed by atoms with Crippen molar-refractivity contribution >= 4 is 39.1 Å². The Kier molecular flexibility index (Phi) is 3.71. The van der Waals surface area contributed by atoms with E-state index in [4.69, 9.17) is 10.8 Å². The van der Waals surface area contributed by atoms with Gasteiger partial charge in [0.25, 0.3) is 0 Å². The molecule has 5 nitrogen and oxygen atoms in total. The fourth-order valence-electron chi connectivity index (χ4n) is 1.56. The lowest BCUT2D eigenvalue weighted by Crippen LogP contribution is -2.04. The molecule has 0 aliphatic rings. The molecule has 2 aromatic rings. The van der Waals surface area contributed by atoms with E-state index in [0.717, 1.165) is 15.7 Å². The number of nitrogens with two attached hydrogens (primary N) is 1. The highest BCUT2D eigenvalue weighted by molar-refractivity contribution is 9.10. The van der Waals surface area contributed by atoms with E-state index in [2.05, 4.69) is 26.2 Å². The third-order valence-electron chi connectivity index (χ3n) is 2.62. The maximum Gasteiger partial charge on any atom is 0.337 e. The molecule has 0 fully saturated rings. The van der Waals surface area contributed by atoms with Gasteiger partial charge in [-0.1, -0.05) is 22.0 Å². The molecule has 1 aromatic heterocycles. The molecule has 0 saturated carbocycles. The standard InChI is InChI=1S/C13H12BrN3O2/c1-7-2-3-9(14)5-11(7)17-12-10(15)4-8(6-16-12)13(18)19/h2-6H,15H2,1H3,(H,16,17)(H,18,19). The minimum Gasteiger partial charge on any atom is -0.478 e. The van der Waals surface area contributed by atoms with Gasteiger partial charge < -0.3 is 16.2 Å². The smallest absolute Gasteiger partial charge is 0.337 e. The molecule has 1 aromatic carbocycles. The lowest BCUT2D eigenvalue weighted by Gasteiger charge is -2.11. The predicted molar refractivity (Wildman–Crippen MR) is 77.8 cm³/mol. The Morgan fingerprint density at radius 2 is 2.16 bits per heavy atom. The molecule has 0 aliphatic heterocycles. The normalized spacial score (nSPS) is 10.2. The highest BCUT2D eigenvalue weighted by Crippen LogP contribution is 2.26. The van der Waals surface area contributed by atoms with Crippen molar-refractivity contribution in [1.82, 2.24) is 4.98 Å². The molecule has 2 rings (SSSR count). The number of benzene rings is 1. The number of rotatable bonds is 3. The SMILES string of the molecule is Cc1ccc(Br)cc1Nc1ncc(C(=O)O)cc1N. The number of carbonyl (C=O) groups is 1. The summed E-state index contributed by atoms with van der Waals surface area (Å²) in [6.07, 6.45) is 1.27. The molecule has 0 amide bonds. The van der Waals surface area contributed by atoms with E-state index in [1.54, 1.807) is 0 Å². The van der Waals surface area contributed by atoms with E-state index in [1.807, 2.05) is 25.1 Å². The molecule has 0 radical (unpaired) electrons. The van der Waals surface area contributed by atoms with Gasteiger partial charge in [0.15, 0.2) is 5.82 Å². The van der Waals surface area contributed by atoms with Crippen LogP contribution in [0.1, 0.15) is 15.9 Å². The van der Waals surface area contributed by atoms with Crippen LogP contribution in [-0.4, -0.2) is 16.1 Å². The first kappa shape index (κ1) is 13.4. The minimum atomic E-state index is -1.05. The van der Waals surface area contributed by atoms with E-state index in [1.165, 1.54) is 12.3 Å². The zero-order chi connectivity index (χ0) is 14.0. The van der Waals surface area contributed by atoms with Gasteiger partial charge in [0.2, 0.25) is 0 Å². The van der Waals surface area contributed by atoms with Crippen LogP contribution in [0.4, 0.5) is 17.2 Å². The Morgan fingerprint density at radius 3 is 2.79 bits per heavy atom. The average Bonchev–Trinajstić information content (AvgIpc) is 2.36. The van der Waals surface area contributed by atoms with Gasteiger partial charge in [-0.2, -0.15) is 0 Å². The largest absolute Gasteiger partial charge is 0.478 e. The molecule has 0 atom stereocenters. The number of halogens is 1. The fourth-order valence-corrected chi connectivity index (χ4v) is 1.92. The lowest BCUT2D eigenvalue weighted by atomic mass is 10.2. The van der Waals surface area contributed by atoms with Crippen LogP contribution in [0.25, 0.3) is 0 Å². The van der Waals surface area contributed by atoms with Crippen molar-refractivity contribution in [2.75, 3.05) is 11.1 Å². The zero-order valence-electron chi connectivity index (χ0n) is 10.1. The molecular formula is C13H12BrN3O2. The van der Waals surface area contributed by atoms with Crippen LogP contribution in [0.15, 0.2) is 34.9 Å². The number of aryl methyl sites for hydroxylation is 1. The second kappa shape index (κ2) is 5.27. The maximum absolute atomic E-state index is 10.8. The van der Waals surface area contributed by atoms with Crippen molar-refractivity contribution in [2.24, 2.45) is 0 Å². The van der Waals surface area contributed by atoms with Gasteiger partial charge in [-0.3, -0.25) is 0 Å². The van der Waals surface area contributed by atoms with Crippen molar-refractivity contribution < 1.29 is 9.90 Å². The lowest BCUT2D eigenvalue weighted by molar-refractivity contribution is 0.0696. The van der Waals surface area contributed by atoms with E-state index in [-0.39, 0.29) is 5.56 Å². The van der Waals surface area contributed by atoms with Crippen molar-refractivity contribution in [3.8, 4) is 0 Å². The Labute approximate surface area is 118 Å². The molecular weight excluding hydrogens is 310 g/mol. The summed E-state index contributed by atoms with van der Waals surface area (Å²) in [5, 5.41) is 11.9. The summed E-state index contributed by atoms with van der Waals surface area (Å²) in [5.74, 6) is -0.615. The minimum absolute atomic E-state index is 0.0639. The predicted octanol–water partition coefficient (Wildman–Crippen LogP) is 3.18. The van der Waals surface area contributed by atoms with Crippen molar-refractivity contribution in [3.05, 3.63) is 46.1 Å². The van der Waals surface area contributed by atoms with Crippen molar-refractivity contribution in [2.45, 2.75) is 6.92 Å². The third kappa shape index (κ3) is 3.03. The molecule has 98 valence electrons. The molecule has 6 heteroatoms. The number of nitrogens with one attached hydrogen (secondary N) is 1. The fraction of sp³-hybridized carbons (Fsp3) is 0.0769. The molecule has 0 aliphatic carbocycles. The van der Waals surface area contributed by atoms with Crippen molar-refractivity contribution in [3.63, 3.8) is 0 Å². The van der Waals surface area contributed by atoms with Crippen LogP contribution in [0.3, 0.4) is 0 Å². The number of carboxylic acid groups (broad SMARTS) is 1. The summed E-state index contributed by atoms with van der Waals surface area (Å²) in [6, 6.07) is 7.17. The molecule has 0 saturated heterocycles. The third-order valence-corrected chi connectivity index (χ3v) is 3.11. The van der Waals surface area contributed by atoms with Gasteiger partial charge in [-0.25, -0.2) is 9.78 Å². The molecule has 1 heterocycles. The Balaban J connectivity index is 2.33. The molecule has 0 spiro atoms. The van der Waals surface area contributed by atoms with Gasteiger partial charge in [0.1, 0.15) is 0 Å². The highest BCUT2D eigenvalue weighted by atomic mass is 79.9. The van der Waals surface area contributed by atoms with Gasteiger partial charge in [0, 0.05) is 16.4 Å². The number of nitrogens with zero attached hydrogens (tertiary/aromatic N) is 1. The summed E-state index contributed by atoms with van der Waals surface area (Å²) in [4.78, 5) is 14.8. The number of aromatic nitrogens is 1. The number of carboxylic acids is 1. The van der Waals surface area contributed by atoms with E-state index in [0.29, 0.717) is 11.5 Å². The summed E-state index contributed by atoms with van der Waals surface area (Å²) in [6.45, 7) is 1.95. The second-order valence-electron chi connectivity index (χ2n) is 4.05. The van der Waals surface area contributed by atoms with E-state index >= 15 is 0 Å². The van der Waals surface area contributed by atoms with E-state index in [9.17, 15) is 4.79 Å². The van der Waals surface area contributed by atoms with Gasteiger partial charge in [0.05, 0.1) is 11.3 Å². The van der Waals surface area contributed by atoms with Gasteiger partial charge in [-0.05, 0) is 30.7 Å². The van der Waals surface area contributed by atoms with Crippen LogP contribution >= 0.6 is 15.9 Å². The maximum atomic E-state index is 10.8. The van der Waals surface area contributed by atoms with Crippen LogP contribution in [0.2, 0.25) is 0 Å². The monoisotopic (exact) mass is 321 g/mol. The van der Waals surface area contributed by atoms with Crippen LogP contribution in [0.5, 0.6) is 0 Å². The van der Waals surface area contributed by atoms with Crippen LogP contribution in [0, 0.1) is 6.92 Å². The first-order valence-electron chi connectivity index (χ1n) is 5.49. The number of nitrogen functional groups attached to an aromatic ring is 1. The van der Waals surface area contributed by atoms with Gasteiger partial charge in [-0.15, -0.1) is 0 Å². The Bertz CT molecular complexity index is 644. The molecule has 0 unspecified atom stereocenters. The summed E-state index contributed by atoms with van der Waals surface area (Å²) >= 11 is 3.39. The van der Waals surface area contributed by atoms with E-state index < -0.39 is 5.97 Å². The number of hydrogen-bond acceptors (Lipinski definition) is 4. The molecule has 0 bridgehead atoms. The van der Waals surface area contributed by atoms with Crippen molar-refractivity contribution in [1.29, 1.82) is 0 Å². The van der Waals surface area contributed by atoms with Gasteiger partial charge >= 0.3 is 5.97 Å². The van der Waals surface area contributed by atoms with Crippen LogP contribution < -0.4 is 11.1 Å². The first-order chi connectivity index (χ1) is 8.97. The quantitative estimate of drug-likeness (QED) is 0.808. The summed E-state index contributed by atoms with van der Waals surface area (Å²) in [7, 11) is 0. The first-order valence-corrected chi connectivity index (χ1v) is 6.28. The second-order valence-corrected chi connectivity index (χ2v) is 4.97. The Morgan fingerprint density at radius 1 is 1.42 bits per heavy atom. The molecule has 19 heavy (non-hydrogen) atoms. The molecule has 4 N–H and O–H groups in total. The number of anilines is 3. The average molecular weight is 322 g/mol. The zero-order valence-corrected chi connectivity index (χ0v) is 11.7. The highest BCUT2D eigenvalue weighted by Gasteiger charge is 2.09. The summed E-state index contributed by atoms with van der Waals surface area (Å²) < 4.78 is 0.932. The number of pyridine rings is 1. The topological polar surface area (TPSA) is 88.2 Å². The number of aromatic carboxylic acids is 1. The number of hydrogen-bond donors (Lipinski definition) is 3. The van der Waals surface area contributed by atoms with Crippen LogP contribution in [-0.2, 0) is 0 Å². The summed E-state index contributed by atoms with van der Waals surface area (Å²) in [5.41, 5.74) is 8.04.